The largest absolute Gasteiger partial charge is 1.00 e. The number of hydrogen-bond acceptors (Lipinski definition) is 8. The van der Waals surface area contributed by atoms with Crippen LogP contribution < -0.4 is 17.0 Å². The van der Waals surface area contributed by atoms with E-state index in [-0.39, 0.29) is 17.0 Å². The second-order valence-electron chi connectivity index (χ2n) is 6.11. The third-order valence-electron chi connectivity index (χ3n) is 4.23. The van der Waals surface area contributed by atoms with Gasteiger partial charge in [0.25, 0.3) is 0 Å². The van der Waals surface area contributed by atoms with Crippen molar-refractivity contribution >= 4 is 5.71 Å². The normalized spacial score (nSPS) is 37.6. The number of hydrogen-bond donors (Lipinski definition) is 1. The van der Waals surface area contributed by atoms with E-state index >= 15 is 0 Å². The van der Waals surface area contributed by atoms with Crippen LogP contribution in [0.15, 0.2) is 9.78 Å². The molecule has 1 aromatic heterocycles. The maximum Gasteiger partial charge on any atom is 0.165 e. The fourth-order valence-electron chi connectivity index (χ4n) is 3.77. The standard InChI is InChI=1S/C11H17N7O2.BrH/c1-9-11(14-20-13-9)10(12-19)2-18-6-15-3-16(7-18)5-17(4-15)8-18;/h2-8H2,1H3;1H. The number of aryl methyl sites for hydroxylation is 1. The highest BCUT2D eigenvalue weighted by molar-refractivity contribution is 6.00. The molecule has 4 bridgehead atoms. The molecule has 0 aliphatic carbocycles. The first-order chi connectivity index (χ1) is 9.67. The Kier molecular flexibility index (Phi) is 3.74. The molecule has 1 aromatic rings. The lowest BCUT2D eigenvalue weighted by Crippen LogP contribution is -3.00. The lowest BCUT2D eigenvalue weighted by Gasteiger charge is -2.60. The zero-order valence-corrected chi connectivity index (χ0v) is 13.4. The summed E-state index contributed by atoms with van der Waals surface area (Å²) in [5.74, 6) is 0. The number of nitrogens with zero attached hydrogens (tertiary/aromatic N) is 7. The van der Waals surface area contributed by atoms with Crippen LogP contribution in [0, 0.1) is 6.92 Å². The van der Waals surface area contributed by atoms with Crippen molar-refractivity contribution in [2.75, 3.05) is 46.6 Å². The van der Waals surface area contributed by atoms with Gasteiger partial charge in [-0.15, -0.1) is 0 Å². The summed E-state index contributed by atoms with van der Waals surface area (Å²) in [4.78, 5) is 7.25. The molecular weight excluding hydrogens is 342 g/mol. The molecule has 5 rings (SSSR count). The van der Waals surface area contributed by atoms with Crippen LogP contribution in [0.25, 0.3) is 0 Å². The second-order valence-corrected chi connectivity index (χ2v) is 6.11. The number of oxime groups is 1. The van der Waals surface area contributed by atoms with E-state index in [2.05, 4.69) is 30.2 Å². The minimum absolute atomic E-state index is 0. The molecule has 9 nitrogen and oxygen atoms in total. The Morgan fingerprint density at radius 1 is 1.19 bits per heavy atom. The van der Waals surface area contributed by atoms with Gasteiger partial charge in [-0.1, -0.05) is 10.3 Å². The quantitative estimate of drug-likeness (QED) is 0.255. The Morgan fingerprint density at radius 3 is 2.19 bits per heavy atom. The molecule has 4 fully saturated rings. The average Bonchev–Trinajstić information content (AvgIpc) is 2.80. The highest BCUT2D eigenvalue weighted by Gasteiger charge is 2.49. The van der Waals surface area contributed by atoms with E-state index in [9.17, 15) is 5.21 Å². The van der Waals surface area contributed by atoms with Crippen molar-refractivity contribution in [1.82, 2.24) is 25.0 Å². The molecule has 0 amide bonds. The lowest BCUT2D eigenvalue weighted by molar-refractivity contribution is -0.972. The highest BCUT2D eigenvalue weighted by atomic mass is 79.9. The first-order valence-corrected chi connectivity index (χ1v) is 6.70. The van der Waals surface area contributed by atoms with Gasteiger partial charge in [0.1, 0.15) is 32.2 Å². The van der Waals surface area contributed by atoms with Gasteiger partial charge in [-0.2, -0.15) is 0 Å². The molecule has 0 unspecified atom stereocenters. The van der Waals surface area contributed by atoms with Gasteiger partial charge in [-0.25, -0.2) is 19.3 Å². The van der Waals surface area contributed by atoms with Crippen LogP contribution in [0.2, 0.25) is 0 Å². The Balaban J connectivity index is 0.00000132. The predicted molar refractivity (Wildman–Crippen MR) is 67.2 cm³/mol. The van der Waals surface area contributed by atoms with Gasteiger partial charge in [-0.3, -0.25) is 4.48 Å². The molecule has 4 saturated heterocycles. The van der Waals surface area contributed by atoms with Crippen LogP contribution in [-0.4, -0.2) is 87.0 Å². The average molecular weight is 360 g/mol. The van der Waals surface area contributed by atoms with E-state index in [1.165, 1.54) is 0 Å². The minimum Gasteiger partial charge on any atom is -1.00 e. The first kappa shape index (κ1) is 14.9. The van der Waals surface area contributed by atoms with Crippen molar-refractivity contribution in [3.8, 4) is 0 Å². The van der Waals surface area contributed by atoms with Crippen LogP contribution in [-0.2, 0) is 0 Å². The maximum absolute atomic E-state index is 9.35. The van der Waals surface area contributed by atoms with Gasteiger partial charge in [0.2, 0.25) is 0 Å². The monoisotopic (exact) mass is 359 g/mol. The lowest BCUT2D eigenvalue weighted by atomic mass is 10.1. The molecular formula is C11H18BrN7O2. The topological polar surface area (TPSA) is 81.2 Å². The van der Waals surface area contributed by atoms with Gasteiger partial charge < -0.3 is 22.2 Å². The van der Waals surface area contributed by atoms with Gasteiger partial charge >= 0.3 is 0 Å². The molecule has 1 N–H and O–H groups in total. The molecule has 0 saturated carbocycles. The van der Waals surface area contributed by atoms with E-state index in [1.54, 1.807) is 6.92 Å². The van der Waals surface area contributed by atoms with E-state index in [4.69, 9.17) is 4.63 Å². The SMILES string of the molecule is Cc1nonc1C(C[N+]12CN3CN(CN(C3)C1)C2)=NO.[Br-]. The van der Waals surface area contributed by atoms with Crippen molar-refractivity contribution in [3.05, 3.63) is 11.4 Å². The van der Waals surface area contributed by atoms with Crippen molar-refractivity contribution in [2.24, 2.45) is 5.16 Å². The molecule has 10 heteroatoms. The molecule has 4 aliphatic rings. The van der Waals surface area contributed by atoms with E-state index in [0.717, 1.165) is 44.5 Å². The predicted octanol–water partition coefficient (Wildman–Crippen LogP) is -3.93. The van der Waals surface area contributed by atoms with Crippen LogP contribution in [0.5, 0.6) is 0 Å². The first-order valence-electron chi connectivity index (χ1n) is 6.70. The van der Waals surface area contributed by atoms with Gasteiger partial charge in [-0.05, 0) is 12.1 Å². The summed E-state index contributed by atoms with van der Waals surface area (Å²) in [7, 11) is 0. The van der Waals surface area contributed by atoms with Gasteiger partial charge in [0, 0.05) is 0 Å². The summed E-state index contributed by atoms with van der Waals surface area (Å²) >= 11 is 0. The number of quaternary nitrogens is 1. The van der Waals surface area contributed by atoms with Crippen molar-refractivity contribution in [1.29, 1.82) is 0 Å². The molecule has 0 spiro atoms. The molecule has 0 atom stereocenters. The smallest absolute Gasteiger partial charge is 0.165 e. The fraction of sp³-hybridized carbons (Fsp3) is 0.727. The van der Waals surface area contributed by atoms with Crippen molar-refractivity contribution in [3.63, 3.8) is 0 Å². The molecule has 5 heterocycles. The molecule has 0 radical (unpaired) electrons. The van der Waals surface area contributed by atoms with Gasteiger partial charge in [0.05, 0.1) is 20.0 Å². The molecule has 0 aromatic carbocycles. The Bertz CT molecular complexity index is 525. The van der Waals surface area contributed by atoms with Crippen LogP contribution in [0.4, 0.5) is 0 Å². The van der Waals surface area contributed by atoms with Crippen molar-refractivity contribution in [2.45, 2.75) is 6.92 Å². The minimum atomic E-state index is 0. The summed E-state index contributed by atoms with van der Waals surface area (Å²) in [5, 5.41) is 20.4. The molecule has 116 valence electrons. The third kappa shape index (κ3) is 2.46. The number of aromatic nitrogens is 2. The fourth-order valence-corrected chi connectivity index (χ4v) is 3.77. The Hall–Kier alpha value is -1.07. The third-order valence-corrected chi connectivity index (χ3v) is 4.23. The van der Waals surface area contributed by atoms with Gasteiger partial charge in [0.15, 0.2) is 11.4 Å². The highest BCUT2D eigenvalue weighted by Crippen LogP contribution is 2.29. The number of halogens is 1. The summed E-state index contributed by atoms with van der Waals surface area (Å²) < 4.78 is 5.57. The summed E-state index contributed by atoms with van der Waals surface area (Å²) in [6.07, 6.45) is 0. The number of rotatable bonds is 3. The van der Waals surface area contributed by atoms with Crippen LogP contribution in [0.1, 0.15) is 11.4 Å². The zero-order chi connectivity index (χ0) is 13.7. The summed E-state index contributed by atoms with van der Waals surface area (Å²) in [5.41, 5.74) is 1.77. The second kappa shape index (κ2) is 5.29. The van der Waals surface area contributed by atoms with Crippen LogP contribution in [0.3, 0.4) is 0 Å². The zero-order valence-electron chi connectivity index (χ0n) is 11.8. The van der Waals surface area contributed by atoms with E-state index < -0.39 is 0 Å². The summed E-state index contributed by atoms with van der Waals surface area (Å²) in [6.45, 7) is 8.49. The van der Waals surface area contributed by atoms with E-state index in [0.29, 0.717) is 23.6 Å². The Labute approximate surface area is 132 Å². The van der Waals surface area contributed by atoms with Crippen molar-refractivity contribution < 1.29 is 31.3 Å². The summed E-state index contributed by atoms with van der Waals surface area (Å²) in [6, 6.07) is 0. The molecule has 21 heavy (non-hydrogen) atoms. The maximum atomic E-state index is 9.35. The van der Waals surface area contributed by atoms with E-state index in [1.807, 2.05) is 0 Å². The molecule has 4 aliphatic heterocycles. The van der Waals surface area contributed by atoms with Crippen LogP contribution >= 0.6 is 0 Å². The Morgan fingerprint density at radius 2 is 1.76 bits per heavy atom.